The van der Waals surface area contributed by atoms with E-state index in [-0.39, 0.29) is 5.91 Å². The molecule has 1 saturated heterocycles. The summed E-state index contributed by atoms with van der Waals surface area (Å²) in [6.45, 7) is 10.7. The van der Waals surface area contributed by atoms with E-state index >= 15 is 0 Å². The first-order chi connectivity index (χ1) is 14.1. The van der Waals surface area contributed by atoms with Crippen LogP contribution in [0.15, 0.2) is 24.3 Å². The Balaban J connectivity index is 1.82. The molecule has 0 bridgehead atoms. The lowest BCUT2D eigenvalue weighted by Crippen LogP contribution is -2.43. The highest BCUT2D eigenvalue weighted by molar-refractivity contribution is 5.97. The summed E-state index contributed by atoms with van der Waals surface area (Å²) >= 11 is 0. The smallest absolute Gasteiger partial charge is 0.256 e. The van der Waals surface area contributed by atoms with Crippen LogP contribution in [0, 0.1) is 0 Å². The van der Waals surface area contributed by atoms with Gasteiger partial charge in [0.2, 0.25) is 0 Å². The van der Waals surface area contributed by atoms with E-state index < -0.39 is 5.60 Å². The predicted octanol–water partition coefficient (Wildman–Crippen LogP) is 5.26. The molecule has 29 heavy (non-hydrogen) atoms. The Bertz CT molecular complexity index is 572. The fraction of sp³-hybridized carbons (Fsp3) is 0.708. The van der Waals surface area contributed by atoms with Gasteiger partial charge in [-0.2, -0.15) is 0 Å². The molecular weight excluding hydrogens is 364 g/mol. The number of nitrogens with one attached hydrogen (secondary N) is 1. The molecular formula is C24H40N2O3. The van der Waals surface area contributed by atoms with Crippen LogP contribution in [0.1, 0.15) is 72.1 Å². The van der Waals surface area contributed by atoms with Gasteiger partial charge in [0.15, 0.2) is 0 Å². The molecule has 1 aliphatic heterocycles. The van der Waals surface area contributed by atoms with Crippen LogP contribution in [0.3, 0.4) is 0 Å². The summed E-state index contributed by atoms with van der Waals surface area (Å²) in [5.74, 6) is 0.767. The minimum Gasteiger partial charge on any atom is -0.492 e. The number of hydrogen-bond acceptors (Lipinski definition) is 4. The average molecular weight is 405 g/mol. The highest BCUT2D eigenvalue weighted by Gasteiger charge is 2.33. The zero-order valence-electron chi connectivity index (χ0n) is 18.7. The van der Waals surface area contributed by atoms with Gasteiger partial charge in [0.1, 0.15) is 18.0 Å². The van der Waals surface area contributed by atoms with Gasteiger partial charge in [-0.3, -0.25) is 9.69 Å². The van der Waals surface area contributed by atoms with Crippen molar-refractivity contribution < 1.29 is 14.3 Å². The number of rotatable bonds is 12. The number of benzene rings is 1. The summed E-state index contributed by atoms with van der Waals surface area (Å²) in [4.78, 5) is 15.3. The number of anilines is 1. The number of hydrogen-bond donors (Lipinski definition) is 1. The van der Waals surface area contributed by atoms with Crippen molar-refractivity contribution in [1.29, 1.82) is 0 Å². The maximum absolute atomic E-state index is 12.8. The Hall–Kier alpha value is -1.59. The summed E-state index contributed by atoms with van der Waals surface area (Å²) in [6, 6.07) is 7.65. The zero-order valence-corrected chi connectivity index (χ0v) is 18.7. The molecule has 164 valence electrons. The van der Waals surface area contributed by atoms with Crippen molar-refractivity contribution in [3.05, 3.63) is 24.3 Å². The Kier molecular flexibility index (Phi) is 10.5. The lowest BCUT2D eigenvalue weighted by atomic mass is 9.97. The molecule has 0 radical (unpaired) electrons. The second-order valence-corrected chi connectivity index (χ2v) is 8.27. The van der Waals surface area contributed by atoms with Crippen LogP contribution in [-0.2, 0) is 9.53 Å². The summed E-state index contributed by atoms with van der Waals surface area (Å²) in [5, 5.41) is 3.01. The number of likely N-dealkylation sites (tertiary alicyclic amines) is 1. The van der Waals surface area contributed by atoms with Crippen LogP contribution in [0.4, 0.5) is 5.69 Å². The van der Waals surface area contributed by atoms with E-state index in [9.17, 15) is 4.79 Å². The van der Waals surface area contributed by atoms with Crippen molar-refractivity contribution >= 4 is 11.6 Å². The second kappa shape index (κ2) is 12.9. The lowest BCUT2D eigenvalue weighted by Gasteiger charge is -2.28. The van der Waals surface area contributed by atoms with Crippen molar-refractivity contribution in [2.45, 2.75) is 77.7 Å². The Morgan fingerprint density at radius 1 is 1.03 bits per heavy atom. The first-order valence-electron chi connectivity index (χ1n) is 11.5. The third kappa shape index (κ3) is 8.35. The van der Waals surface area contributed by atoms with Gasteiger partial charge < -0.3 is 14.8 Å². The van der Waals surface area contributed by atoms with Crippen LogP contribution in [0.25, 0.3) is 0 Å². The standard InChI is InChI=1S/C24H40N2O3/c1-4-6-15-24(3,29-19-5-2)23(27)25-21-11-13-22(14-12-21)28-20-18-26-16-9-7-8-10-17-26/h11-14H,4-10,15-20H2,1-3H3,(H,25,27)/t24-/m0/s1. The minimum absolute atomic E-state index is 0.0748. The molecule has 0 aromatic heterocycles. The predicted molar refractivity (Wildman–Crippen MR) is 120 cm³/mol. The first kappa shape index (κ1) is 23.7. The van der Waals surface area contributed by atoms with E-state index in [4.69, 9.17) is 9.47 Å². The highest BCUT2D eigenvalue weighted by atomic mass is 16.5. The second-order valence-electron chi connectivity index (χ2n) is 8.27. The SMILES string of the molecule is CCCC[C@](C)(OCCC)C(=O)Nc1ccc(OCCN2CCCCCC2)cc1. The van der Waals surface area contributed by atoms with Gasteiger partial charge in [-0.1, -0.05) is 39.5 Å². The van der Waals surface area contributed by atoms with Gasteiger partial charge in [0, 0.05) is 18.8 Å². The van der Waals surface area contributed by atoms with E-state index in [0.29, 0.717) is 13.2 Å². The van der Waals surface area contributed by atoms with Crippen molar-refractivity contribution in [1.82, 2.24) is 4.90 Å². The van der Waals surface area contributed by atoms with Gasteiger partial charge in [-0.15, -0.1) is 0 Å². The molecule has 1 aliphatic rings. The lowest BCUT2D eigenvalue weighted by molar-refractivity contribution is -0.140. The summed E-state index contributed by atoms with van der Waals surface area (Å²) < 4.78 is 11.8. The number of ether oxygens (including phenoxy) is 2. The normalized spacial score (nSPS) is 17.3. The molecule has 1 N–H and O–H groups in total. The average Bonchev–Trinajstić information content (AvgIpc) is 3.01. The molecule has 5 nitrogen and oxygen atoms in total. The van der Waals surface area contributed by atoms with E-state index in [2.05, 4.69) is 24.1 Å². The Labute approximate surface area is 177 Å². The number of carbonyl (C=O) groups is 1. The van der Waals surface area contributed by atoms with Gasteiger partial charge >= 0.3 is 0 Å². The van der Waals surface area contributed by atoms with Crippen molar-refractivity contribution in [3.8, 4) is 5.75 Å². The molecule has 0 aliphatic carbocycles. The molecule has 1 atom stereocenters. The summed E-state index contributed by atoms with van der Waals surface area (Å²) in [5.41, 5.74) is -0.00775. The monoisotopic (exact) mass is 404 g/mol. The maximum atomic E-state index is 12.8. The first-order valence-corrected chi connectivity index (χ1v) is 11.5. The molecule has 1 heterocycles. The maximum Gasteiger partial charge on any atom is 0.256 e. The number of amides is 1. The Morgan fingerprint density at radius 2 is 1.72 bits per heavy atom. The number of unbranched alkanes of at least 4 members (excludes halogenated alkanes) is 1. The highest BCUT2D eigenvalue weighted by Crippen LogP contribution is 2.23. The largest absolute Gasteiger partial charge is 0.492 e. The van der Waals surface area contributed by atoms with Gasteiger partial charge in [-0.25, -0.2) is 0 Å². The topological polar surface area (TPSA) is 50.8 Å². The molecule has 1 amide bonds. The zero-order chi connectivity index (χ0) is 21.0. The van der Waals surface area contributed by atoms with Crippen LogP contribution in [-0.4, -0.2) is 49.3 Å². The van der Waals surface area contributed by atoms with Crippen molar-refractivity contribution in [3.63, 3.8) is 0 Å². The van der Waals surface area contributed by atoms with Crippen molar-refractivity contribution in [2.24, 2.45) is 0 Å². The van der Waals surface area contributed by atoms with E-state index in [0.717, 1.165) is 43.7 Å². The summed E-state index contributed by atoms with van der Waals surface area (Å²) in [7, 11) is 0. The van der Waals surface area contributed by atoms with Gasteiger partial charge in [0.05, 0.1) is 0 Å². The third-order valence-corrected chi connectivity index (χ3v) is 5.60. The Morgan fingerprint density at radius 3 is 2.34 bits per heavy atom. The minimum atomic E-state index is -0.783. The van der Waals surface area contributed by atoms with E-state index in [1.54, 1.807) is 0 Å². The molecule has 5 heteroatoms. The van der Waals surface area contributed by atoms with Crippen LogP contribution < -0.4 is 10.1 Å². The van der Waals surface area contributed by atoms with Gasteiger partial charge in [-0.05, 0) is 70.0 Å². The molecule has 2 rings (SSSR count). The van der Waals surface area contributed by atoms with Crippen LogP contribution in [0.5, 0.6) is 5.75 Å². The molecule has 0 saturated carbocycles. The number of nitrogens with zero attached hydrogens (tertiary/aromatic N) is 1. The van der Waals surface area contributed by atoms with Crippen LogP contribution in [0.2, 0.25) is 0 Å². The third-order valence-electron chi connectivity index (χ3n) is 5.60. The van der Waals surface area contributed by atoms with Gasteiger partial charge in [0.25, 0.3) is 5.91 Å². The fourth-order valence-electron chi connectivity index (χ4n) is 3.64. The number of carbonyl (C=O) groups excluding carboxylic acids is 1. The fourth-order valence-corrected chi connectivity index (χ4v) is 3.64. The molecule has 1 aromatic rings. The molecule has 0 spiro atoms. The van der Waals surface area contributed by atoms with E-state index in [1.807, 2.05) is 31.2 Å². The molecule has 1 aromatic carbocycles. The van der Waals surface area contributed by atoms with Crippen LogP contribution >= 0.6 is 0 Å². The van der Waals surface area contributed by atoms with Crippen molar-refractivity contribution in [2.75, 3.05) is 38.2 Å². The quantitative estimate of drug-likeness (QED) is 0.516. The molecule has 0 unspecified atom stereocenters. The van der Waals surface area contributed by atoms with E-state index in [1.165, 1.54) is 38.8 Å². The summed E-state index contributed by atoms with van der Waals surface area (Å²) in [6.07, 6.45) is 8.95. The molecule has 1 fully saturated rings.